The van der Waals surface area contributed by atoms with Gasteiger partial charge in [0.15, 0.2) is 0 Å². The maximum Gasteiger partial charge on any atom is 0.645 e. The molecule has 0 fully saturated rings. The van der Waals surface area contributed by atoms with Crippen molar-refractivity contribution in [3.8, 4) is 0 Å². The Bertz CT molecular complexity index is 392. The standard InChI is InChI=1S/C21H39O4P/c1-7-19(8-2)13-16-23-26(22,24-17-14-20(9-3)10-4)25-18-15-21(11-5)12-6/h13-21H,7-12H2,1-6H3/b16-13+,17-14+,18-15+. The molecule has 0 amide bonds. The van der Waals surface area contributed by atoms with E-state index in [1.54, 1.807) is 0 Å². The molecule has 0 bridgehead atoms. The number of hydrogen-bond donors (Lipinski definition) is 0. The van der Waals surface area contributed by atoms with Gasteiger partial charge in [-0.1, -0.05) is 41.5 Å². The van der Waals surface area contributed by atoms with Crippen molar-refractivity contribution in [2.75, 3.05) is 0 Å². The van der Waals surface area contributed by atoms with E-state index < -0.39 is 7.82 Å². The molecule has 0 aromatic heterocycles. The Morgan fingerprint density at radius 2 is 0.808 bits per heavy atom. The summed E-state index contributed by atoms with van der Waals surface area (Å²) in [5.41, 5.74) is 0. The molecule has 0 N–H and O–H groups in total. The summed E-state index contributed by atoms with van der Waals surface area (Å²) in [5.74, 6) is 1.18. The molecule has 0 aromatic rings. The minimum absolute atomic E-state index is 0.392. The Balaban J connectivity index is 5.03. The maximum atomic E-state index is 12.9. The highest BCUT2D eigenvalue weighted by Gasteiger charge is 2.27. The van der Waals surface area contributed by atoms with E-state index in [1.165, 1.54) is 18.8 Å². The quantitative estimate of drug-likeness (QED) is 0.211. The lowest BCUT2D eigenvalue weighted by molar-refractivity contribution is 0.227. The fourth-order valence-electron chi connectivity index (χ4n) is 2.42. The molecule has 0 aromatic carbocycles. The molecule has 0 unspecified atom stereocenters. The molecule has 5 heteroatoms. The zero-order chi connectivity index (χ0) is 19.8. The third-order valence-corrected chi connectivity index (χ3v) is 5.91. The van der Waals surface area contributed by atoms with E-state index in [-0.39, 0.29) is 0 Å². The van der Waals surface area contributed by atoms with Crippen LogP contribution in [0.15, 0.2) is 37.0 Å². The molecule has 0 rings (SSSR count). The van der Waals surface area contributed by atoms with Gasteiger partial charge < -0.3 is 13.6 Å². The summed E-state index contributed by atoms with van der Waals surface area (Å²) in [6.07, 6.45) is 16.1. The third kappa shape index (κ3) is 10.8. The van der Waals surface area contributed by atoms with E-state index in [0.717, 1.165) is 38.5 Å². The highest BCUT2D eigenvalue weighted by molar-refractivity contribution is 7.48. The molecule has 0 saturated heterocycles. The second-order valence-corrected chi connectivity index (χ2v) is 8.01. The van der Waals surface area contributed by atoms with Gasteiger partial charge in [0.2, 0.25) is 0 Å². The van der Waals surface area contributed by atoms with E-state index in [2.05, 4.69) is 41.5 Å². The van der Waals surface area contributed by atoms with Gasteiger partial charge in [-0.15, -0.1) is 0 Å². The molecule has 152 valence electrons. The van der Waals surface area contributed by atoms with Crippen LogP contribution in [0.1, 0.15) is 80.1 Å². The van der Waals surface area contributed by atoms with Gasteiger partial charge in [-0.25, -0.2) is 0 Å². The molecule has 0 saturated carbocycles. The van der Waals surface area contributed by atoms with Gasteiger partial charge in [-0.3, -0.25) is 0 Å². The molecule has 26 heavy (non-hydrogen) atoms. The summed E-state index contributed by atoms with van der Waals surface area (Å²) >= 11 is 0. The maximum absolute atomic E-state index is 12.9. The van der Waals surface area contributed by atoms with Gasteiger partial charge in [0.1, 0.15) is 0 Å². The van der Waals surface area contributed by atoms with Crippen molar-refractivity contribution in [3.05, 3.63) is 37.0 Å². The third-order valence-electron chi connectivity index (χ3n) is 4.77. The Labute approximate surface area is 161 Å². The zero-order valence-electron chi connectivity index (χ0n) is 17.5. The van der Waals surface area contributed by atoms with Crippen molar-refractivity contribution >= 4 is 7.82 Å². The summed E-state index contributed by atoms with van der Waals surface area (Å²) < 4.78 is 29.0. The Hall–Kier alpha value is -1.15. The monoisotopic (exact) mass is 386 g/mol. The van der Waals surface area contributed by atoms with Crippen LogP contribution in [-0.2, 0) is 18.1 Å². The Morgan fingerprint density at radius 3 is 1.00 bits per heavy atom. The Morgan fingerprint density at radius 1 is 0.577 bits per heavy atom. The predicted molar refractivity (Wildman–Crippen MR) is 110 cm³/mol. The fraction of sp³-hybridized carbons (Fsp3) is 0.714. The summed E-state index contributed by atoms with van der Waals surface area (Å²) in [4.78, 5) is 0. The Kier molecular flexibility index (Phi) is 14.3. The average molecular weight is 387 g/mol. The van der Waals surface area contributed by atoms with E-state index in [4.69, 9.17) is 13.6 Å². The van der Waals surface area contributed by atoms with Crippen molar-refractivity contribution in [2.45, 2.75) is 80.1 Å². The topological polar surface area (TPSA) is 44.8 Å². The van der Waals surface area contributed by atoms with Crippen LogP contribution in [0.2, 0.25) is 0 Å². The highest BCUT2D eigenvalue weighted by Crippen LogP contribution is 2.50. The van der Waals surface area contributed by atoms with Crippen LogP contribution in [0.5, 0.6) is 0 Å². The van der Waals surface area contributed by atoms with Gasteiger partial charge in [-0.2, -0.15) is 4.57 Å². The summed E-state index contributed by atoms with van der Waals surface area (Å²) in [5, 5.41) is 0. The van der Waals surface area contributed by atoms with Gasteiger partial charge in [0.25, 0.3) is 0 Å². The number of allylic oxidation sites excluding steroid dienone is 3. The molecule has 0 aliphatic rings. The zero-order valence-corrected chi connectivity index (χ0v) is 18.4. The number of phosphoric acid groups is 1. The minimum Gasteiger partial charge on any atom is -0.394 e. The van der Waals surface area contributed by atoms with Crippen LogP contribution in [0.3, 0.4) is 0 Å². The molecule has 0 aliphatic heterocycles. The number of rotatable bonds is 15. The second-order valence-electron chi connectivity index (χ2n) is 6.48. The molecular weight excluding hydrogens is 347 g/mol. The van der Waals surface area contributed by atoms with Gasteiger partial charge in [-0.05, 0) is 74.5 Å². The van der Waals surface area contributed by atoms with Crippen LogP contribution in [-0.4, -0.2) is 0 Å². The smallest absolute Gasteiger partial charge is 0.394 e. The molecule has 4 nitrogen and oxygen atoms in total. The van der Waals surface area contributed by atoms with Crippen LogP contribution in [0.25, 0.3) is 0 Å². The van der Waals surface area contributed by atoms with Crippen LogP contribution >= 0.6 is 7.82 Å². The fourth-order valence-corrected chi connectivity index (χ4v) is 3.23. The molecular formula is C21H39O4P. The minimum atomic E-state index is -3.71. The first-order valence-corrected chi connectivity index (χ1v) is 11.6. The SMILES string of the molecule is CCC(/C=C/OP(=O)(O/C=C/C(CC)CC)O/C=C/C(CC)CC)CC. The van der Waals surface area contributed by atoms with E-state index in [0.29, 0.717) is 17.8 Å². The predicted octanol–water partition coefficient (Wildman–Crippen LogP) is 7.99. The molecule has 0 spiro atoms. The molecule has 0 atom stereocenters. The van der Waals surface area contributed by atoms with Crippen molar-refractivity contribution in [3.63, 3.8) is 0 Å². The van der Waals surface area contributed by atoms with Gasteiger partial charge in [0.05, 0.1) is 18.8 Å². The summed E-state index contributed by atoms with van der Waals surface area (Å²) in [6, 6.07) is 0. The lowest BCUT2D eigenvalue weighted by Crippen LogP contribution is -1.95. The summed E-state index contributed by atoms with van der Waals surface area (Å²) in [6.45, 7) is 12.7. The normalized spacial score (nSPS) is 13.1. The first kappa shape index (κ1) is 24.8. The van der Waals surface area contributed by atoms with E-state index >= 15 is 0 Å². The van der Waals surface area contributed by atoms with E-state index in [9.17, 15) is 4.57 Å². The second kappa shape index (κ2) is 15.0. The van der Waals surface area contributed by atoms with Crippen molar-refractivity contribution in [1.82, 2.24) is 0 Å². The first-order valence-electron chi connectivity index (χ1n) is 10.1. The lowest BCUT2D eigenvalue weighted by atomic mass is 10.0. The average Bonchev–Trinajstić information content (AvgIpc) is 2.66. The number of hydrogen-bond acceptors (Lipinski definition) is 4. The van der Waals surface area contributed by atoms with Crippen molar-refractivity contribution < 1.29 is 18.1 Å². The van der Waals surface area contributed by atoms with Crippen LogP contribution < -0.4 is 0 Å². The van der Waals surface area contributed by atoms with Crippen molar-refractivity contribution in [2.24, 2.45) is 17.8 Å². The van der Waals surface area contributed by atoms with Crippen LogP contribution in [0.4, 0.5) is 0 Å². The van der Waals surface area contributed by atoms with Gasteiger partial charge >= 0.3 is 7.82 Å². The van der Waals surface area contributed by atoms with Gasteiger partial charge in [0, 0.05) is 0 Å². The molecule has 0 aliphatic carbocycles. The molecule has 0 heterocycles. The van der Waals surface area contributed by atoms with Crippen molar-refractivity contribution in [1.29, 1.82) is 0 Å². The largest absolute Gasteiger partial charge is 0.645 e. The first-order chi connectivity index (χ1) is 12.5. The van der Waals surface area contributed by atoms with Crippen LogP contribution in [0, 0.1) is 17.8 Å². The molecule has 0 radical (unpaired) electrons. The lowest BCUT2D eigenvalue weighted by Gasteiger charge is -2.15. The van der Waals surface area contributed by atoms with E-state index in [1.807, 2.05) is 18.2 Å². The highest BCUT2D eigenvalue weighted by atomic mass is 31.2. The number of phosphoric ester groups is 1. The summed E-state index contributed by atoms with van der Waals surface area (Å²) in [7, 11) is -3.71.